The van der Waals surface area contributed by atoms with Gasteiger partial charge in [-0.3, -0.25) is 0 Å². The summed E-state index contributed by atoms with van der Waals surface area (Å²) in [7, 11) is 0. The molecule has 2 nitrogen and oxygen atoms in total. The molecule has 28 heavy (non-hydrogen) atoms. The third kappa shape index (κ3) is 2.50. The van der Waals surface area contributed by atoms with E-state index in [1.165, 1.54) is 61.9 Å². The van der Waals surface area contributed by atoms with Gasteiger partial charge >= 0.3 is 0 Å². The van der Waals surface area contributed by atoms with E-state index in [-0.39, 0.29) is 0 Å². The maximum absolute atomic E-state index is 3.58. The number of nitrogens with one attached hydrogen (secondary N) is 2. The lowest BCUT2D eigenvalue weighted by Crippen LogP contribution is -1.82. The molecule has 4 heteroatoms. The second-order valence-electron chi connectivity index (χ2n) is 7.13. The zero-order valence-corrected chi connectivity index (χ0v) is 19.0. The van der Waals surface area contributed by atoms with Gasteiger partial charge in [-0.1, -0.05) is 30.3 Å². The van der Waals surface area contributed by atoms with Gasteiger partial charge in [0.05, 0.1) is 0 Å². The summed E-state index contributed by atoms with van der Waals surface area (Å²) in [6.07, 6.45) is 0. The van der Waals surface area contributed by atoms with Crippen LogP contribution in [0.5, 0.6) is 0 Å². The van der Waals surface area contributed by atoms with Crippen molar-refractivity contribution in [3.05, 3.63) is 79.9 Å². The van der Waals surface area contributed by atoms with Crippen LogP contribution in [0.1, 0.15) is 0 Å². The fraction of sp³-hybridized carbons (Fsp3) is 0. The summed E-state index contributed by atoms with van der Waals surface area (Å²) in [5, 5.41) is 5.16. The van der Waals surface area contributed by atoms with Gasteiger partial charge in [-0.25, -0.2) is 0 Å². The minimum absolute atomic E-state index is 1.18. The zero-order chi connectivity index (χ0) is 18.8. The van der Waals surface area contributed by atoms with E-state index in [0.29, 0.717) is 0 Å². The molecule has 0 saturated heterocycles. The van der Waals surface area contributed by atoms with Gasteiger partial charge in [-0.15, -0.1) is 0 Å². The highest BCUT2D eigenvalue weighted by Gasteiger charge is 2.11. The summed E-state index contributed by atoms with van der Waals surface area (Å²) in [5.74, 6) is 0. The molecule has 0 atom stereocenters. The zero-order valence-electron chi connectivity index (χ0n) is 14.7. The van der Waals surface area contributed by atoms with Crippen LogP contribution in [0.4, 0.5) is 0 Å². The van der Waals surface area contributed by atoms with Gasteiger partial charge in [0.1, 0.15) is 0 Å². The molecular weight excluding hydrogens is 570 g/mol. The van der Waals surface area contributed by atoms with E-state index < -0.39 is 0 Å². The molecule has 0 bridgehead atoms. The van der Waals surface area contributed by atoms with Crippen LogP contribution in [0, 0.1) is 7.14 Å². The second kappa shape index (κ2) is 6.22. The highest BCUT2D eigenvalue weighted by Crippen LogP contribution is 2.35. The SMILES string of the molecule is Ic1ccc2[nH]c3cc(-c4cc(I)c5c(c4)[nH]c4ccccc45)ccc3c2c1. The number of hydrogen-bond donors (Lipinski definition) is 2. The number of aromatic amines is 2. The number of para-hydroxylation sites is 1. The number of benzene rings is 4. The van der Waals surface area contributed by atoms with Crippen molar-refractivity contribution in [2.45, 2.75) is 0 Å². The summed E-state index contributed by atoms with van der Waals surface area (Å²) < 4.78 is 2.53. The van der Waals surface area contributed by atoms with Crippen molar-refractivity contribution >= 4 is 88.8 Å². The Balaban J connectivity index is 1.58. The van der Waals surface area contributed by atoms with Crippen LogP contribution in [0.3, 0.4) is 0 Å². The molecule has 0 saturated carbocycles. The molecule has 0 amide bonds. The summed E-state index contributed by atoms with van der Waals surface area (Å²) >= 11 is 4.83. The Morgan fingerprint density at radius 3 is 2.25 bits per heavy atom. The smallest absolute Gasteiger partial charge is 0.0481 e. The standard InChI is InChI=1S/C24H14I2N2/c25-15-6-8-21-18(12-15)16-7-5-13(10-22(16)27-21)14-9-19(26)24-17-3-1-2-4-20(17)28-23(24)11-14/h1-12,27-28H. The first-order valence-corrected chi connectivity index (χ1v) is 11.2. The van der Waals surface area contributed by atoms with Gasteiger partial charge in [-0.2, -0.15) is 0 Å². The van der Waals surface area contributed by atoms with Gasteiger partial charge in [0.2, 0.25) is 0 Å². The molecule has 0 fully saturated rings. The Bertz CT molecular complexity index is 1540. The van der Waals surface area contributed by atoms with Gasteiger partial charge in [0.25, 0.3) is 0 Å². The number of halogens is 2. The number of aromatic nitrogens is 2. The van der Waals surface area contributed by atoms with Crippen LogP contribution in [-0.4, -0.2) is 9.97 Å². The molecule has 2 N–H and O–H groups in total. The molecule has 0 aliphatic rings. The molecule has 0 radical (unpaired) electrons. The normalized spacial score (nSPS) is 11.9. The van der Waals surface area contributed by atoms with Crippen molar-refractivity contribution in [3.63, 3.8) is 0 Å². The quantitative estimate of drug-likeness (QED) is 0.185. The fourth-order valence-electron chi connectivity index (χ4n) is 4.16. The molecule has 0 spiro atoms. The van der Waals surface area contributed by atoms with E-state index in [9.17, 15) is 0 Å². The Morgan fingerprint density at radius 1 is 0.536 bits per heavy atom. The van der Waals surface area contributed by atoms with E-state index in [4.69, 9.17) is 0 Å². The van der Waals surface area contributed by atoms with Crippen molar-refractivity contribution in [1.82, 2.24) is 9.97 Å². The Kier molecular flexibility index (Phi) is 3.74. The Labute approximate surface area is 188 Å². The minimum Gasteiger partial charge on any atom is -0.354 e. The van der Waals surface area contributed by atoms with E-state index in [1.54, 1.807) is 0 Å². The molecule has 6 aromatic rings. The average Bonchev–Trinajstić information content (AvgIpc) is 3.25. The van der Waals surface area contributed by atoms with Crippen molar-refractivity contribution in [3.8, 4) is 11.1 Å². The Morgan fingerprint density at radius 2 is 1.32 bits per heavy atom. The second-order valence-corrected chi connectivity index (χ2v) is 9.53. The first-order chi connectivity index (χ1) is 13.7. The monoisotopic (exact) mass is 584 g/mol. The van der Waals surface area contributed by atoms with Crippen LogP contribution in [0.25, 0.3) is 54.7 Å². The highest BCUT2D eigenvalue weighted by atomic mass is 127. The van der Waals surface area contributed by atoms with Gasteiger partial charge < -0.3 is 9.97 Å². The van der Waals surface area contributed by atoms with Crippen LogP contribution in [0.15, 0.2) is 72.8 Å². The van der Waals surface area contributed by atoms with Crippen LogP contribution < -0.4 is 0 Å². The predicted molar refractivity (Wildman–Crippen MR) is 136 cm³/mol. The van der Waals surface area contributed by atoms with Gasteiger partial charge in [0, 0.05) is 50.8 Å². The maximum atomic E-state index is 3.58. The molecular formula is C24H14I2N2. The van der Waals surface area contributed by atoms with E-state index in [1.807, 2.05) is 0 Å². The topological polar surface area (TPSA) is 31.6 Å². The van der Waals surface area contributed by atoms with Crippen molar-refractivity contribution < 1.29 is 0 Å². The summed E-state index contributed by atoms with van der Waals surface area (Å²) in [4.78, 5) is 7.16. The lowest BCUT2D eigenvalue weighted by Gasteiger charge is -2.05. The number of fused-ring (bicyclic) bond motifs is 6. The van der Waals surface area contributed by atoms with Gasteiger partial charge in [-0.05, 0) is 98.8 Å². The maximum Gasteiger partial charge on any atom is 0.0481 e. The van der Waals surface area contributed by atoms with Crippen molar-refractivity contribution in [2.24, 2.45) is 0 Å². The highest BCUT2D eigenvalue weighted by molar-refractivity contribution is 14.1. The fourth-order valence-corrected chi connectivity index (χ4v) is 5.56. The first-order valence-electron chi connectivity index (χ1n) is 9.09. The predicted octanol–water partition coefficient (Wildman–Crippen LogP) is 7.83. The lowest BCUT2D eigenvalue weighted by molar-refractivity contribution is 1.52. The Hall–Kier alpha value is -2.06. The van der Waals surface area contributed by atoms with Crippen LogP contribution in [0.2, 0.25) is 0 Å². The molecule has 2 aromatic heterocycles. The van der Waals surface area contributed by atoms with E-state index >= 15 is 0 Å². The summed E-state index contributed by atoms with van der Waals surface area (Å²) in [5.41, 5.74) is 7.21. The average molecular weight is 584 g/mol. The third-order valence-corrected chi connectivity index (χ3v) is 6.97. The minimum atomic E-state index is 1.18. The molecule has 0 unspecified atom stereocenters. The van der Waals surface area contributed by atoms with E-state index in [0.717, 1.165) is 0 Å². The van der Waals surface area contributed by atoms with Crippen molar-refractivity contribution in [1.29, 1.82) is 0 Å². The number of rotatable bonds is 1. The number of hydrogen-bond acceptors (Lipinski definition) is 0. The molecule has 134 valence electrons. The molecule has 6 rings (SSSR count). The lowest BCUT2D eigenvalue weighted by atomic mass is 10.0. The number of H-pyrrole nitrogens is 2. The summed E-state index contributed by atoms with van der Waals surface area (Å²) in [6, 6.07) is 26.4. The third-order valence-electron chi connectivity index (χ3n) is 5.45. The van der Waals surface area contributed by atoms with Gasteiger partial charge in [0.15, 0.2) is 0 Å². The van der Waals surface area contributed by atoms with Crippen LogP contribution in [-0.2, 0) is 0 Å². The first kappa shape index (κ1) is 16.9. The molecule has 4 aromatic carbocycles. The van der Waals surface area contributed by atoms with E-state index in [2.05, 4.69) is 128 Å². The summed E-state index contributed by atoms with van der Waals surface area (Å²) in [6.45, 7) is 0. The van der Waals surface area contributed by atoms with Crippen LogP contribution >= 0.6 is 45.2 Å². The molecule has 0 aliphatic heterocycles. The molecule has 0 aliphatic carbocycles. The van der Waals surface area contributed by atoms with Crippen molar-refractivity contribution in [2.75, 3.05) is 0 Å². The molecule has 2 heterocycles. The largest absolute Gasteiger partial charge is 0.354 e.